The van der Waals surface area contributed by atoms with Gasteiger partial charge in [-0.1, -0.05) is 12.1 Å². The minimum absolute atomic E-state index is 0.101. The number of amides is 1. The van der Waals surface area contributed by atoms with Gasteiger partial charge in [0.2, 0.25) is 0 Å². The summed E-state index contributed by atoms with van der Waals surface area (Å²) in [7, 11) is 1.63. The number of hydrogen-bond acceptors (Lipinski definition) is 5. The minimum Gasteiger partial charge on any atom is -0.497 e. The zero-order valence-corrected chi connectivity index (χ0v) is 12.3. The molecule has 1 amide bonds. The fourth-order valence-corrected chi connectivity index (χ4v) is 2.36. The highest BCUT2D eigenvalue weighted by Crippen LogP contribution is 2.16. The predicted octanol–water partition coefficient (Wildman–Crippen LogP) is 2.40. The van der Waals surface area contributed by atoms with Crippen LogP contribution in [0.3, 0.4) is 0 Å². The van der Waals surface area contributed by atoms with Crippen LogP contribution in [0.4, 0.5) is 5.13 Å². The van der Waals surface area contributed by atoms with Crippen molar-refractivity contribution in [2.24, 2.45) is 0 Å². The second-order valence-electron chi connectivity index (χ2n) is 4.24. The first kappa shape index (κ1) is 14.3. The van der Waals surface area contributed by atoms with E-state index in [0.29, 0.717) is 23.9 Å². The lowest BCUT2D eigenvalue weighted by Gasteiger charge is -2.20. The molecule has 1 heterocycles. The lowest BCUT2D eigenvalue weighted by atomic mass is 10.2. The Hall–Kier alpha value is -2.08. The van der Waals surface area contributed by atoms with E-state index in [2.05, 4.69) is 4.98 Å². The van der Waals surface area contributed by atoms with Crippen LogP contribution >= 0.6 is 11.3 Å². The summed E-state index contributed by atoms with van der Waals surface area (Å²) in [5.74, 6) is 0.701. The van der Waals surface area contributed by atoms with Crippen LogP contribution in [0.25, 0.3) is 0 Å². The average Bonchev–Trinajstić information content (AvgIpc) is 2.91. The van der Waals surface area contributed by atoms with Crippen molar-refractivity contribution in [1.82, 2.24) is 9.88 Å². The molecule has 0 spiro atoms. The molecule has 0 aliphatic carbocycles. The van der Waals surface area contributed by atoms with E-state index < -0.39 is 0 Å². The Morgan fingerprint density at radius 3 is 2.60 bits per heavy atom. The maximum absolute atomic E-state index is 12.3. The number of nitrogens with zero attached hydrogens (tertiary/aromatic N) is 2. The highest BCUT2D eigenvalue weighted by atomic mass is 32.1. The SMILES string of the molecule is CCN(Cc1ccc(OC)cc1)C(=O)c1csc(N)n1. The first-order valence-electron chi connectivity index (χ1n) is 6.27. The number of hydrogen-bond donors (Lipinski definition) is 1. The molecule has 2 aromatic rings. The van der Waals surface area contributed by atoms with Crippen molar-refractivity contribution in [3.8, 4) is 5.75 Å². The van der Waals surface area contributed by atoms with Crippen molar-refractivity contribution in [1.29, 1.82) is 0 Å². The fraction of sp³-hybridized carbons (Fsp3) is 0.286. The van der Waals surface area contributed by atoms with Gasteiger partial charge in [-0.2, -0.15) is 0 Å². The smallest absolute Gasteiger partial charge is 0.273 e. The number of anilines is 1. The third-order valence-corrected chi connectivity index (χ3v) is 3.62. The third-order valence-electron chi connectivity index (χ3n) is 2.94. The molecule has 106 valence electrons. The van der Waals surface area contributed by atoms with E-state index in [1.54, 1.807) is 17.4 Å². The Morgan fingerprint density at radius 1 is 1.40 bits per heavy atom. The van der Waals surface area contributed by atoms with Crippen LogP contribution in [0.1, 0.15) is 23.0 Å². The molecule has 2 rings (SSSR count). The van der Waals surface area contributed by atoms with E-state index in [4.69, 9.17) is 10.5 Å². The van der Waals surface area contributed by atoms with E-state index >= 15 is 0 Å². The topological polar surface area (TPSA) is 68.5 Å². The molecular weight excluding hydrogens is 274 g/mol. The molecule has 2 N–H and O–H groups in total. The van der Waals surface area contributed by atoms with Crippen molar-refractivity contribution in [3.63, 3.8) is 0 Å². The summed E-state index contributed by atoms with van der Waals surface area (Å²) in [6.45, 7) is 3.09. The van der Waals surface area contributed by atoms with Gasteiger partial charge in [0.1, 0.15) is 11.4 Å². The Kier molecular flexibility index (Phi) is 4.57. The van der Waals surface area contributed by atoms with Crippen LogP contribution in [-0.2, 0) is 6.54 Å². The molecule has 0 fully saturated rings. The van der Waals surface area contributed by atoms with Crippen molar-refractivity contribution < 1.29 is 9.53 Å². The molecule has 5 nitrogen and oxygen atoms in total. The summed E-state index contributed by atoms with van der Waals surface area (Å²) < 4.78 is 5.12. The molecule has 0 saturated carbocycles. The Bertz CT molecular complexity index is 580. The quantitative estimate of drug-likeness (QED) is 0.918. The molecule has 0 aliphatic heterocycles. The van der Waals surface area contributed by atoms with Gasteiger partial charge in [-0.3, -0.25) is 4.79 Å². The molecule has 0 saturated heterocycles. The number of ether oxygens (including phenoxy) is 1. The van der Waals surface area contributed by atoms with Crippen molar-refractivity contribution >= 4 is 22.4 Å². The van der Waals surface area contributed by atoms with Crippen LogP contribution < -0.4 is 10.5 Å². The maximum atomic E-state index is 12.3. The lowest BCUT2D eigenvalue weighted by Crippen LogP contribution is -2.30. The van der Waals surface area contributed by atoms with Crippen LogP contribution in [0.2, 0.25) is 0 Å². The standard InChI is InChI=1S/C14H17N3O2S/c1-3-17(13(18)12-9-20-14(15)16-12)8-10-4-6-11(19-2)7-5-10/h4-7,9H,3,8H2,1-2H3,(H2,15,16). The second kappa shape index (κ2) is 6.38. The first-order valence-corrected chi connectivity index (χ1v) is 7.15. The molecule has 1 aromatic carbocycles. The van der Waals surface area contributed by atoms with E-state index in [1.807, 2.05) is 31.2 Å². The Balaban J connectivity index is 2.09. The molecular formula is C14H17N3O2S. The molecule has 0 atom stereocenters. The fourth-order valence-electron chi connectivity index (χ4n) is 1.83. The minimum atomic E-state index is -0.101. The number of nitrogen functional groups attached to an aromatic ring is 1. The molecule has 20 heavy (non-hydrogen) atoms. The zero-order valence-electron chi connectivity index (χ0n) is 11.5. The van der Waals surface area contributed by atoms with Gasteiger partial charge in [0.05, 0.1) is 7.11 Å². The van der Waals surface area contributed by atoms with Gasteiger partial charge in [-0.25, -0.2) is 4.98 Å². The first-order chi connectivity index (χ1) is 9.63. The summed E-state index contributed by atoms with van der Waals surface area (Å²) >= 11 is 1.27. The second-order valence-corrected chi connectivity index (χ2v) is 5.13. The summed E-state index contributed by atoms with van der Waals surface area (Å²) in [5.41, 5.74) is 7.02. The van der Waals surface area contributed by atoms with E-state index in [0.717, 1.165) is 11.3 Å². The van der Waals surface area contributed by atoms with Gasteiger partial charge >= 0.3 is 0 Å². The normalized spacial score (nSPS) is 10.3. The number of thiazole rings is 1. The summed E-state index contributed by atoms with van der Waals surface area (Å²) in [6.07, 6.45) is 0. The molecule has 0 aliphatic rings. The number of carbonyl (C=O) groups is 1. The highest BCUT2D eigenvalue weighted by Gasteiger charge is 2.17. The van der Waals surface area contributed by atoms with Crippen LogP contribution in [0.5, 0.6) is 5.75 Å². The largest absolute Gasteiger partial charge is 0.497 e. The van der Waals surface area contributed by atoms with Crippen molar-refractivity contribution in [2.45, 2.75) is 13.5 Å². The van der Waals surface area contributed by atoms with E-state index in [1.165, 1.54) is 11.3 Å². The average molecular weight is 291 g/mol. The zero-order chi connectivity index (χ0) is 14.5. The molecule has 6 heteroatoms. The van der Waals surface area contributed by atoms with Crippen LogP contribution in [0, 0.1) is 0 Å². The van der Waals surface area contributed by atoms with Crippen molar-refractivity contribution in [3.05, 3.63) is 40.9 Å². The third kappa shape index (κ3) is 3.27. The van der Waals surface area contributed by atoms with Gasteiger partial charge in [-0.15, -0.1) is 11.3 Å². The van der Waals surface area contributed by atoms with Gasteiger partial charge in [0.25, 0.3) is 5.91 Å². The van der Waals surface area contributed by atoms with Crippen molar-refractivity contribution in [2.75, 3.05) is 19.4 Å². The van der Waals surface area contributed by atoms with Gasteiger partial charge < -0.3 is 15.4 Å². The maximum Gasteiger partial charge on any atom is 0.273 e. The van der Waals surface area contributed by atoms with Crippen LogP contribution in [0.15, 0.2) is 29.6 Å². The number of carbonyl (C=O) groups excluding carboxylic acids is 1. The number of nitrogens with two attached hydrogens (primary N) is 1. The summed E-state index contributed by atoms with van der Waals surface area (Å²) in [5, 5.41) is 2.10. The van der Waals surface area contributed by atoms with E-state index in [-0.39, 0.29) is 5.91 Å². The number of methoxy groups -OCH3 is 1. The molecule has 0 bridgehead atoms. The summed E-state index contributed by atoms with van der Waals surface area (Å²) in [4.78, 5) is 18.1. The van der Waals surface area contributed by atoms with Gasteiger partial charge in [-0.05, 0) is 24.6 Å². The summed E-state index contributed by atoms with van der Waals surface area (Å²) in [6, 6.07) is 7.66. The lowest BCUT2D eigenvalue weighted by molar-refractivity contribution is 0.0747. The highest BCUT2D eigenvalue weighted by molar-refractivity contribution is 7.13. The molecule has 1 aromatic heterocycles. The monoisotopic (exact) mass is 291 g/mol. The van der Waals surface area contributed by atoms with Gasteiger partial charge in [0, 0.05) is 18.5 Å². The Labute approximate surface area is 122 Å². The van der Waals surface area contributed by atoms with Crippen LogP contribution in [-0.4, -0.2) is 29.4 Å². The Morgan fingerprint density at radius 2 is 2.10 bits per heavy atom. The predicted molar refractivity (Wildman–Crippen MR) is 79.9 cm³/mol. The number of benzene rings is 1. The molecule has 0 radical (unpaired) electrons. The number of rotatable bonds is 5. The number of aromatic nitrogens is 1. The van der Waals surface area contributed by atoms with Gasteiger partial charge in [0.15, 0.2) is 5.13 Å². The molecule has 0 unspecified atom stereocenters. The van der Waals surface area contributed by atoms with E-state index in [9.17, 15) is 4.79 Å².